The molecule has 0 radical (unpaired) electrons. The summed E-state index contributed by atoms with van der Waals surface area (Å²) < 4.78 is 32.9. The number of rotatable bonds is 7. The van der Waals surface area contributed by atoms with E-state index in [-0.39, 0.29) is 15.9 Å². The Balaban J connectivity index is 1.64. The minimum Gasteiger partial charge on any atom is -0.479 e. The van der Waals surface area contributed by atoms with Gasteiger partial charge in [-0.25, -0.2) is 23.1 Å². The van der Waals surface area contributed by atoms with Gasteiger partial charge in [-0.1, -0.05) is 23.2 Å². The average molecular weight is 481 g/mol. The Morgan fingerprint density at radius 2 is 1.81 bits per heavy atom. The van der Waals surface area contributed by atoms with Gasteiger partial charge in [0.2, 0.25) is 5.95 Å². The van der Waals surface area contributed by atoms with Gasteiger partial charge in [0.25, 0.3) is 15.9 Å². The maximum Gasteiger partial charge on any atom is 0.265 e. The highest BCUT2D eigenvalue weighted by Gasteiger charge is 2.18. The van der Waals surface area contributed by atoms with Gasteiger partial charge < -0.3 is 10.1 Å². The minimum atomic E-state index is -3.88. The monoisotopic (exact) mass is 480 g/mol. The Morgan fingerprint density at radius 1 is 1.10 bits per heavy atom. The van der Waals surface area contributed by atoms with Gasteiger partial charge >= 0.3 is 0 Å². The second kappa shape index (κ2) is 9.51. The first-order chi connectivity index (χ1) is 14.6. The van der Waals surface area contributed by atoms with E-state index < -0.39 is 22.0 Å². The van der Waals surface area contributed by atoms with Crippen LogP contribution in [0.1, 0.15) is 12.6 Å². The molecule has 11 heteroatoms. The molecule has 1 heterocycles. The molecule has 1 unspecified atom stereocenters. The Morgan fingerprint density at radius 3 is 2.45 bits per heavy atom. The maximum atomic E-state index is 12.5. The molecule has 2 N–H and O–H groups in total. The summed E-state index contributed by atoms with van der Waals surface area (Å²) in [6.45, 7) is 3.29. The third-order valence-corrected chi connectivity index (χ3v) is 5.89. The van der Waals surface area contributed by atoms with E-state index in [0.717, 1.165) is 0 Å². The summed E-state index contributed by atoms with van der Waals surface area (Å²) in [4.78, 5) is 20.3. The van der Waals surface area contributed by atoms with Crippen LogP contribution in [-0.4, -0.2) is 30.4 Å². The van der Waals surface area contributed by atoms with Crippen molar-refractivity contribution in [2.75, 3.05) is 10.0 Å². The first kappa shape index (κ1) is 22.8. The number of hydrogen-bond acceptors (Lipinski definition) is 6. The first-order valence-corrected chi connectivity index (χ1v) is 11.2. The number of amides is 1. The van der Waals surface area contributed by atoms with Crippen LogP contribution in [0.5, 0.6) is 5.75 Å². The Bertz CT molecular complexity index is 1200. The topological polar surface area (TPSA) is 110 Å². The van der Waals surface area contributed by atoms with Gasteiger partial charge in [0.15, 0.2) is 6.10 Å². The molecule has 3 rings (SSSR count). The number of aromatic nitrogens is 2. The smallest absolute Gasteiger partial charge is 0.265 e. The van der Waals surface area contributed by atoms with E-state index in [1.165, 1.54) is 36.5 Å². The summed E-state index contributed by atoms with van der Waals surface area (Å²) in [6.07, 6.45) is 0.599. The van der Waals surface area contributed by atoms with Crippen molar-refractivity contribution < 1.29 is 17.9 Å². The number of aryl methyl sites for hydroxylation is 1. The zero-order valence-electron chi connectivity index (χ0n) is 16.5. The van der Waals surface area contributed by atoms with E-state index in [2.05, 4.69) is 20.0 Å². The van der Waals surface area contributed by atoms with E-state index in [0.29, 0.717) is 22.2 Å². The fraction of sp³-hybridized carbons (Fsp3) is 0.150. The number of carbonyl (C=O) groups is 1. The van der Waals surface area contributed by atoms with Crippen LogP contribution in [0.15, 0.2) is 59.6 Å². The molecule has 1 aromatic heterocycles. The number of halogens is 2. The SMILES string of the molecule is Cc1ccnc(NS(=O)(=O)c2ccc(NC(=O)C(C)Oc3ccc(Cl)cc3Cl)cc2)n1. The molecular formula is C20H18Cl2N4O4S. The molecule has 0 saturated heterocycles. The van der Waals surface area contributed by atoms with Crippen molar-refractivity contribution in [3.05, 3.63) is 70.5 Å². The summed E-state index contributed by atoms with van der Waals surface area (Å²) in [5, 5.41) is 3.39. The number of benzene rings is 2. The lowest BCUT2D eigenvalue weighted by molar-refractivity contribution is -0.122. The molecule has 162 valence electrons. The van der Waals surface area contributed by atoms with Crippen LogP contribution in [0.3, 0.4) is 0 Å². The standard InChI is InChI=1S/C20H18Cl2N4O4S/c1-12-9-10-23-20(24-12)26-31(28,29)16-6-4-15(5-7-16)25-19(27)13(2)30-18-8-3-14(21)11-17(18)22/h3-11,13H,1-2H3,(H,25,27)(H,23,24,26). The predicted molar refractivity (Wildman–Crippen MR) is 119 cm³/mol. The highest BCUT2D eigenvalue weighted by molar-refractivity contribution is 7.92. The van der Waals surface area contributed by atoms with Crippen molar-refractivity contribution in [3.63, 3.8) is 0 Å². The van der Waals surface area contributed by atoms with E-state index in [1.807, 2.05) is 0 Å². The van der Waals surface area contributed by atoms with Gasteiger partial charge in [0.05, 0.1) is 9.92 Å². The van der Waals surface area contributed by atoms with Crippen LogP contribution in [0.2, 0.25) is 10.0 Å². The molecule has 3 aromatic rings. The van der Waals surface area contributed by atoms with Gasteiger partial charge in [-0.3, -0.25) is 4.79 Å². The molecule has 0 bridgehead atoms. The largest absolute Gasteiger partial charge is 0.479 e. The second-order valence-electron chi connectivity index (χ2n) is 6.48. The molecule has 31 heavy (non-hydrogen) atoms. The summed E-state index contributed by atoms with van der Waals surface area (Å²) in [6, 6.07) is 12.0. The molecule has 8 nitrogen and oxygen atoms in total. The van der Waals surface area contributed by atoms with Crippen molar-refractivity contribution in [2.45, 2.75) is 24.8 Å². The van der Waals surface area contributed by atoms with Gasteiger partial charge in [-0.2, -0.15) is 0 Å². The molecule has 0 fully saturated rings. The van der Waals surface area contributed by atoms with E-state index in [4.69, 9.17) is 27.9 Å². The Kier molecular flexibility index (Phi) is 6.99. The Hall–Kier alpha value is -2.88. The fourth-order valence-electron chi connectivity index (χ4n) is 2.45. The molecule has 1 amide bonds. The third-order valence-electron chi connectivity index (χ3n) is 4.02. The van der Waals surface area contributed by atoms with Gasteiger partial charge in [0.1, 0.15) is 5.75 Å². The highest BCUT2D eigenvalue weighted by Crippen LogP contribution is 2.28. The number of anilines is 2. The number of ether oxygens (including phenoxy) is 1. The predicted octanol–water partition coefficient (Wildman–Crippen LogP) is 4.30. The lowest BCUT2D eigenvalue weighted by Crippen LogP contribution is -2.30. The van der Waals surface area contributed by atoms with Crippen LogP contribution >= 0.6 is 23.2 Å². The fourth-order valence-corrected chi connectivity index (χ4v) is 3.86. The van der Waals surface area contributed by atoms with Crippen LogP contribution in [-0.2, 0) is 14.8 Å². The van der Waals surface area contributed by atoms with E-state index in [1.54, 1.807) is 32.0 Å². The van der Waals surface area contributed by atoms with Crippen LogP contribution in [0, 0.1) is 6.92 Å². The van der Waals surface area contributed by atoms with Gasteiger partial charge in [0, 0.05) is 22.6 Å². The lowest BCUT2D eigenvalue weighted by atomic mass is 10.3. The number of hydrogen-bond donors (Lipinski definition) is 2. The van der Waals surface area contributed by atoms with Crippen molar-refractivity contribution in [2.24, 2.45) is 0 Å². The number of nitrogens with zero attached hydrogens (tertiary/aromatic N) is 2. The third kappa shape index (κ3) is 6.06. The number of nitrogens with one attached hydrogen (secondary N) is 2. The van der Waals surface area contributed by atoms with Crippen LogP contribution < -0.4 is 14.8 Å². The molecule has 1 atom stereocenters. The summed E-state index contributed by atoms with van der Waals surface area (Å²) in [5.41, 5.74) is 1.02. The molecule has 0 aliphatic rings. The van der Waals surface area contributed by atoms with Gasteiger partial charge in [-0.05, 0) is 62.4 Å². The van der Waals surface area contributed by atoms with Crippen LogP contribution in [0.4, 0.5) is 11.6 Å². The van der Waals surface area contributed by atoms with Crippen molar-refractivity contribution in [1.29, 1.82) is 0 Å². The molecular weight excluding hydrogens is 463 g/mol. The van der Waals surface area contributed by atoms with Crippen molar-refractivity contribution in [3.8, 4) is 5.75 Å². The van der Waals surface area contributed by atoms with Crippen molar-refractivity contribution in [1.82, 2.24) is 9.97 Å². The second-order valence-corrected chi connectivity index (χ2v) is 9.00. The normalized spacial score (nSPS) is 12.1. The van der Waals surface area contributed by atoms with E-state index in [9.17, 15) is 13.2 Å². The zero-order valence-corrected chi connectivity index (χ0v) is 18.8. The number of sulfonamides is 1. The lowest BCUT2D eigenvalue weighted by Gasteiger charge is -2.16. The molecule has 0 aliphatic carbocycles. The Labute approximate surface area is 189 Å². The van der Waals surface area contributed by atoms with Crippen molar-refractivity contribution >= 4 is 50.8 Å². The molecule has 2 aromatic carbocycles. The first-order valence-electron chi connectivity index (χ1n) is 8.99. The maximum absolute atomic E-state index is 12.5. The van der Waals surface area contributed by atoms with Gasteiger partial charge in [-0.15, -0.1) is 0 Å². The zero-order chi connectivity index (χ0) is 22.6. The highest BCUT2D eigenvalue weighted by atomic mass is 35.5. The quantitative estimate of drug-likeness (QED) is 0.521. The van der Waals surface area contributed by atoms with E-state index >= 15 is 0 Å². The molecule has 0 spiro atoms. The number of carbonyl (C=O) groups excluding carboxylic acids is 1. The summed E-state index contributed by atoms with van der Waals surface area (Å²) in [5.74, 6) is -0.142. The minimum absolute atomic E-state index is 0.00662. The summed E-state index contributed by atoms with van der Waals surface area (Å²) >= 11 is 11.9. The molecule has 0 aliphatic heterocycles. The summed E-state index contributed by atoms with van der Waals surface area (Å²) in [7, 11) is -3.88. The van der Waals surface area contributed by atoms with Crippen LogP contribution in [0.25, 0.3) is 0 Å². The molecule has 0 saturated carbocycles. The average Bonchev–Trinajstić information content (AvgIpc) is 2.70.